The van der Waals surface area contributed by atoms with Crippen LogP contribution in [0.3, 0.4) is 0 Å². The molecule has 0 spiro atoms. The van der Waals surface area contributed by atoms with Crippen LogP contribution in [0.15, 0.2) is 48.7 Å². The molecule has 4 heterocycles. The third-order valence-corrected chi connectivity index (χ3v) is 7.21. The second-order valence-electron chi connectivity index (χ2n) is 8.25. The maximum Gasteiger partial charge on any atom is 0.270 e. The topological polar surface area (TPSA) is 54.3 Å². The zero-order chi connectivity index (χ0) is 20.3. The molecule has 2 aromatic heterocycles. The Morgan fingerprint density at radius 1 is 0.933 bits per heavy atom. The quantitative estimate of drug-likeness (QED) is 0.624. The first-order chi connectivity index (χ1) is 14.8. The lowest BCUT2D eigenvalue weighted by Crippen LogP contribution is -2.39. The highest BCUT2D eigenvalue weighted by Gasteiger charge is 2.26. The Balaban J connectivity index is 1.24. The van der Waals surface area contributed by atoms with Crippen molar-refractivity contribution in [3.63, 3.8) is 0 Å². The highest BCUT2D eigenvalue weighted by Crippen LogP contribution is 2.28. The predicted molar refractivity (Wildman–Crippen MR) is 119 cm³/mol. The molecule has 2 saturated heterocycles. The van der Waals surface area contributed by atoms with Gasteiger partial charge >= 0.3 is 0 Å². The summed E-state index contributed by atoms with van der Waals surface area (Å²) in [5.74, 6) is 0.741. The van der Waals surface area contributed by atoms with Crippen molar-refractivity contribution in [3.8, 4) is 5.13 Å². The molecule has 1 amide bonds. The highest BCUT2D eigenvalue weighted by atomic mass is 32.1. The fraction of sp³-hybridized carbons (Fsp3) is 0.435. The molecule has 2 aliphatic heterocycles. The molecular formula is C23H27N5OS. The first kappa shape index (κ1) is 19.3. The number of anilines is 1. The van der Waals surface area contributed by atoms with E-state index < -0.39 is 0 Å². The molecule has 1 aromatic carbocycles. The summed E-state index contributed by atoms with van der Waals surface area (Å²) in [6.07, 6.45) is 7.55. The van der Waals surface area contributed by atoms with Gasteiger partial charge < -0.3 is 9.80 Å². The third kappa shape index (κ3) is 3.99. The smallest absolute Gasteiger partial charge is 0.270 e. The minimum absolute atomic E-state index is 0.0936. The lowest BCUT2D eigenvalue weighted by atomic mass is 9.90. The molecule has 30 heavy (non-hydrogen) atoms. The van der Waals surface area contributed by atoms with Gasteiger partial charge in [-0.2, -0.15) is 0 Å². The fourth-order valence-corrected chi connectivity index (χ4v) is 5.41. The summed E-state index contributed by atoms with van der Waals surface area (Å²) < 4.78 is 1.90. The summed E-state index contributed by atoms with van der Waals surface area (Å²) in [5.41, 5.74) is 2.07. The van der Waals surface area contributed by atoms with Crippen LogP contribution in [0.25, 0.3) is 5.13 Å². The number of hydrogen-bond acceptors (Lipinski definition) is 5. The van der Waals surface area contributed by atoms with Crippen LogP contribution in [0.2, 0.25) is 0 Å². The van der Waals surface area contributed by atoms with Gasteiger partial charge in [0.05, 0.1) is 0 Å². The van der Waals surface area contributed by atoms with Crippen LogP contribution in [-0.2, 0) is 6.42 Å². The Hall–Kier alpha value is -2.67. The monoisotopic (exact) mass is 421 g/mol. The number of carbonyl (C=O) groups is 1. The number of likely N-dealkylation sites (tertiary alicyclic amines) is 1. The van der Waals surface area contributed by atoms with E-state index in [4.69, 9.17) is 0 Å². The Morgan fingerprint density at radius 3 is 2.43 bits per heavy atom. The molecule has 0 bridgehead atoms. The molecular weight excluding hydrogens is 394 g/mol. The van der Waals surface area contributed by atoms with E-state index in [2.05, 4.69) is 45.4 Å². The number of piperidine rings is 1. The first-order valence-corrected chi connectivity index (χ1v) is 11.7. The van der Waals surface area contributed by atoms with Crippen molar-refractivity contribution < 1.29 is 4.79 Å². The van der Waals surface area contributed by atoms with E-state index in [1.54, 1.807) is 11.3 Å². The van der Waals surface area contributed by atoms with Gasteiger partial charge in [-0.25, -0.2) is 0 Å². The van der Waals surface area contributed by atoms with Crippen molar-refractivity contribution in [1.82, 2.24) is 19.7 Å². The normalized spacial score (nSPS) is 17.6. The lowest BCUT2D eigenvalue weighted by molar-refractivity contribution is 0.0682. The third-order valence-electron chi connectivity index (χ3n) is 6.22. The van der Waals surface area contributed by atoms with E-state index in [0.717, 1.165) is 55.7 Å². The van der Waals surface area contributed by atoms with Crippen molar-refractivity contribution >= 4 is 22.4 Å². The van der Waals surface area contributed by atoms with Gasteiger partial charge in [0.1, 0.15) is 5.69 Å². The zero-order valence-electron chi connectivity index (χ0n) is 17.1. The van der Waals surface area contributed by atoms with Gasteiger partial charge in [-0.15, -0.1) is 10.2 Å². The molecule has 0 aliphatic carbocycles. The van der Waals surface area contributed by atoms with Crippen molar-refractivity contribution in [1.29, 1.82) is 0 Å². The number of rotatable bonds is 5. The molecule has 6 nitrogen and oxygen atoms in total. The molecule has 7 heteroatoms. The van der Waals surface area contributed by atoms with Crippen LogP contribution < -0.4 is 4.90 Å². The van der Waals surface area contributed by atoms with Crippen LogP contribution in [0, 0.1) is 5.92 Å². The SMILES string of the molecule is O=C(c1cccn1-c1nnc(N2CCCC2)s1)N1CCC(Cc2ccccc2)CC1. The highest BCUT2D eigenvalue weighted by molar-refractivity contribution is 7.17. The minimum Gasteiger partial charge on any atom is -0.347 e. The molecule has 0 N–H and O–H groups in total. The minimum atomic E-state index is 0.0936. The second kappa shape index (κ2) is 8.60. The molecule has 5 rings (SSSR count). The van der Waals surface area contributed by atoms with Gasteiger partial charge in [-0.3, -0.25) is 9.36 Å². The van der Waals surface area contributed by atoms with E-state index in [-0.39, 0.29) is 5.91 Å². The molecule has 0 atom stereocenters. The van der Waals surface area contributed by atoms with E-state index in [0.29, 0.717) is 11.6 Å². The molecule has 0 unspecified atom stereocenters. The molecule has 3 aromatic rings. The van der Waals surface area contributed by atoms with Crippen molar-refractivity contribution in [3.05, 3.63) is 59.9 Å². The summed E-state index contributed by atoms with van der Waals surface area (Å²) in [4.78, 5) is 17.5. The molecule has 2 fully saturated rings. The average Bonchev–Trinajstić information content (AvgIpc) is 3.55. The summed E-state index contributed by atoms with van der Waals surface area (Å²) in [6, 6.07) is 14.5. The van der Waals surface area contributed by atoms with E-state index in [9.17, 15) is 4.79 Å². The maximum atomic E-state index is 13.2. The van der Waals surface area contributed by atoms with Crippen molar-refractivity contribution in [2.75, 3.05) is 31.1 Å². The number of nitrogens with zero attached hydrogens (tertiary/aromatic N) is 5. The van der Waals surface area contributed by atoms with Crippen LogP contribution in [0.1, 0.15) is 41.7 Å². The molecule has 0 saturated carbocycles. The van der Waals surface area contributed by atoms with E-state index in [1.165, 1.54) is 18.4 Å². The second-order valence-corrected chi connectivity index (χ2v) is 9.18. The number of amides is 1. The molecule has 156 valence electrons. The lowest BCUT2D eigenvalue weighted by Gasteiger charge is -2.32. The van der Waals surface area contributed by atoms with E-state index in [1.807, 2.05) is 27.8 Å². The van der Waals surface area contributed by atoms with Crippen LogP contribution >= 0.6 is 11.3 Å². The summed E-state index contributed by atoms with van der Waals surface area (Å²) in [5, 5.41) is 10.5. The van der Waals surface area contributed by atoms with Crippen LogP contribution in [0.5, 0.6) is 0 Å². The molecule has 2 aliphatic rings. The fourth-order valence-electron chi connectivity index (χ4n) is 4.51. The number of carbonyl (C=O) groups excluding carboxylic acids is 1. The maximum absolute atomic E-state index is 13.2. The summed E-state index contributed by atoms with van der Waals surface area (Å²) >= 11 is 1.56. The molecule has 0 radical (unpaired) electrons. The largest absolute Gasteiger partial charge is 0.347 e. The Morgan fingerprint density at radius 2 is 1.67 bits per heavy atom. The average molecular weight is 422 g/mol. The van der Waals surface area contributed by atoms with Gasteiger partial charge in [-0.05, 0) is 55.7 Å². The number of hydrogen-bond donors (Lipinski definition) is 0. The van der Waals surface area contributed by atoms with Crippen molar-refractivity contribution in [2.45, 2.75) is 32.1 Å². The summed E-state index contributed by atoms with van der Waals surface area (Å²) in [6.45, 7) is 3.72. The number of aromatic nitrogens is 3. The van der Waals surface area contributed by atoms with Gasteiger partial charge in [0.2, 0.25) is 10.3 Å². The van der Waals surface area contributed by atoms with Gasteiger partial charge in [-0.1, -0.05) is 41.7 Å². The number of benzene rings is 1. The van der Waals surface area contributed by atoms with Gasteiger partial charge in [0.15, 0.2) is 0 Å². The predicted octanol–water partition coefficient (Wildman–Crippen LogP) is 4.02. The van der Waals surface area contributed by atoms with Crippen LogP contribution in [0.4, 0.5) is 5.13 Å². The zero-order valence-corrected chi connectivity index (χ0v) is 17.9. The Bertz CT molecular complexity index is 984. The Kier molecular flexibility index (Phi) is 5.53. The van der Waals surface area contributed by atoms with Gasteiger partial charge in [0.25, 0.3) is 5.91 Å². The standard InChI is InChI=1S/C23H27N5OS/c29-21(26-15-10-19(11-16-26)17-18-7-2-1-3-8-18)20-9-6-14-28(20)23-25-24-22(30-23)27-12-4-5-13-27/h1-3,6-9,14,19H,4-5,10-13,15-17H2. The van der Waals surface area contributed by atoms with Crippen molar-refractivity contribution in [2.24, 2.45) is 5.92 Å². The summed E-state index contributed by atoms with van der Waals surface area (Å²) in [7, 11) is 0. The Labute approximate surface area is 181 Å². The van der Waals surface area contributed by atoms with Gasteiger partial charge in [0, 0.05) is 32.4 Å². The van der Waals surface area contributed by atoms with E-state index >= 15 is 0 Å². The van der Waals surface area contributed by atoms with Crippen LogP contribution in [-0.4, -0.2) is 51.8 Å². The first-order valence-electron chi connectivity index (χ1n) is 10.9.